The second-order valence-corrected chi connectivity index (χ2v) is 7.57. The Morgan fingerprint density at radius 1 is 1.06 bits per heavy atom. The Hall–Kier alpha value is -3.54. The number of aryl methyl sites for hydroxylation is 1. The Morgan fingerprint density at radius 3 is 2.68 bits per heavy atom. The highest BCUT2D eigenvalue weighted by Crippen LogP contribution is 2.29. The summed E-state index contributed by atoms with van der Waals surface area (Å²) in [6, 6.07) is 20.5. The number of hydrogen-bond acceptors (Lipinski definition) is 5. The van der Waals surface area contributed by atoms with Crippen molar-refractivity contribution < 1.29 is 23.5 Å². The predicted molar refractivity (Wildman–Crippen MR) is 115 cm³/mol. The van der Waals surface area contributed by atoms with Crippen LogP contribution in [0, 0.1) is 0 Å². The van der Waals surface area contributed by atoms with Crippen LogP contribution in [0.25, 0.3) is 0 Å². The van der Waals surface area contributed by atoms with Crippen molar-refractivity contribution >= 4 is 11.9 Å². The minimum absolute atomic E-state index is 0.0364. The zero-order valence-corrected chi connectivity index (χ0v) is 17.4. The third-order valence-electron chi connectivity index (χ3n) is 5.33. The third kappa shape index (κ3) is 5.15. The Bertz CT molecular complexity index is 1040. The molecule has 0 bridgehead atoms. The van der Waals surface area contributed by atoms with Crippen LogP contribution in [0.3, 0.4) is 0 Å². The lowest BCUT2D eigenvalue weighted by Gasteiger charge is -2.27. The zero-order chi connectivity index (χ0) is 21.6. The molecule has 0 saturated heterocycles. The first-order chi connectivity index (χ1) is 15.1. The molecule has 0 saturated carbocycles. The third-order valence-corrected chi connectivity index (χ3v) is 5.33. The number of carbonyl (C=O) groups is 2. The molecule has 3 aromatic rings. The molecule has 31 heavy (non-hydrogen) atoms. The minimum Gasteiger partial charge on any atom is -0.486 e. The van der Waals surface area contributed by atoms with E-state index >= 15 is 0 Å². The van der Waals surface area contributed by atoms with Crippen molar-refractivity contribution in [2.75, 3.05) is 0 Å². The molecule has 0 unspecified atom stereocenters. The van der Waals surface area contributed by atoms with Gasteiger partial charge in [0.1, 0.15) is 18.1 Å². The lowest BCUT2D eigenvalue weighted by Crippen LogP contribution is -2.39. The van der Waals surface area contributed by atoms with E-state index < -0.39 is 12.1 Å². The maximum atomic E-state index is 12.6. The molecule has 160 valence electrons. The number of carbonyl (C=O) groups excluding carboxylic acids is 2. The summed E-state index contributed by atoms with van der Waals surface area (Å²) in [5, 5.41) is 3.01. The molecule has 1 amide bonds. The topological polar surface area (TPSA) is 77.8 Å². The van der Waals surface area contributed by atoms with E-state index in [9.17, 15) is 9.59 Å². The fourth-order valence-corrected chi connectivity index (χ4v) is 3.70. The molecule has 0 aliphatic heterocycles. The Balaban J connectivity index is 1.30. The molecule has 4 rings (SSSR count). The van der Waals surface area contributed by atoms with Gasteiger partial charge in [0.25, 0.3) is 5.91 Å². The maximum Gasteiger partial charge on any atom is 0.375 e. The van der Waals surface area contributed by atoms with Gasteiger partial charge >= 0.3 is 5.97 Å². The van der Waals surface area contributed by atoms with Crippen LogP contribution in [0.2, 0.25) is 0 Å². The largest absolute Gasteiger partial charge is 0.486 e. The number of benzene rings is 2. The molecule has 1 N–H and O–H groups in total. The Morgan fingerprint density at radius 2 is 1.84 bits per heavy atom. The van der Waals surface area contributed by atoms with Gasteiger partial charge < -0.3 is 19.2 Å². The number of nitrogens with one attached hydrogen (secondary N) is 1. The van der Waals surface area contributed by atoms with Crippen LogP contribution in [-0.2, 0) is 22.6 Å². The number of para-hydroxylation sites is 1. The number of fused-ring (bicyclic) bond motifs is 1. The molecule has 1 aliphatic rings. The molecule has 1 aromatic heterocycles. The van der Waals surface area contributed by atoms with Gasteiger partial charge in [-0.3, -0.25) is 4.79 Å². The first-order valence-electron chi connectivity index (χ1n) is 10.5. The number of rotatable bonds is 7. The van der Waals surface area contributed by atoms with E-state index in [0.29, 0.717) is 11.5 Å². The highest BCUT2D eigenvalue weighted by molar-refractivity contribution is 5.90. The second kappa shape index (κ2) is 9.51. The molecule has 1 heterocycles. The summed E-state index contributed by atoms with van der Waals surface area (Å²) in [5.74, 6) is 0.227. The molecule has 0 fully saturated rings. The van der Waals surface area contributed by atoms with E-state index in [-0.39, 0.29) is 24.3 Å². The van der Waals surface area contributed by atoms with E-state index in [1.54, 1.807) is 13.0 Å². The van der Waals surface area contributed by atoms with Crippen molar-refractivity contribution in [3.8, 4) is 5.75 Å². The van der Waals surface area contributed by atoms with Gasteiger partial charge in [0.05, 0.1) is 6.04 Å². The van der Waals surface area contributed by atoms with Crippen LogP contribution in [0.5, 0.6) is 5.75 Å². The molecule has 2 aromatic carbocycles. The lowest BCUT2D eigenvalue weighted by molar-refractivity contribution is -0.130. The predicted octanol–water partition coefficient (Wildman–Crippen LogP) is 4.60. The van der Waals surface area contributed by atoms with E-state index in [4.69, 9.17) is 13.9 Å². The average molecular weight is 419 g/mol. The van der Waals surface area contributed by atoms with Crippen LogP contribution < -0.4 is 10.1 Å². The molecule has 0 spiro atoms. The first-order valence-corrected chi connectivity index (χ1v) is 10.5. The molecule has 2 atom stereocenters. The molecule has 6 nitrogen and oxygen atoms in total. The van der Waals surface area contributed by atoms with Crippen LogP contribution in [0.1, 0.15) is 53.2 Å². The summed E-state index contributed by atoms with van der Waals surface area (Å²) in [4.78, 5) is 25.0. The van der Waals surface area contributed by atoms with E-state index in [1.165, 1.54) is 11.6 Å². The summed E-state index contributed by atoms with van der Waals surface area (Å²) < 4.78 is 16.4. The van der Waals surface area contributed by atoms with Crippen LogP contribution >= 0.6 is 0 Å². The second-order valence-electron chi connectivity index (χ2n) is 7.57. The normalized spacial score (nSPS) is 16.1. The van der Waals surface area contributed by atoms with E-state index in [0.717, 1.165) is 24.8 Å². The van der Waals surface area contributed by atoms with Crippen LogP contribution in [0.15, 0.2) is 71.1 Å². The summed E-state index contributed by atoms with van der Waals surface area (Å²) in [6.07, 6.45) is 1.96. The molecular formula is C25H25NO5. The average Bonchev–Trinajstić information content (AvgIpc) is 3.28. The quantitative estimate of drug-likeness (QED) is 0.567. The maximum absolute atomic E-state index is 12.6. The monoisotopic (exact) mass is 419 g/mol. The van der Waals surface area contributed by atoms with Crippen molar-refractivity contribution in [2.45, 2.75) is 44.9 Å². The minimum atomic E-state index is -0.935. The van der Waals surface area contributed by atoms with Gasteiger partial charge in [-0.05, 0) is 61.6 Å². The first kappa shape index (κ1) is 20.7. The standard InChI is InChI=1S/C25H25NO5/c1-17(24(27)26-22-13-7-9-18-8-5-6-12-21(18)22)30-25(28)23-15-14-20(31-23)16-29-19-10-3-2-4-11-19/h2-6,8,10-12,14-15,17,22H,7,9,13,16H2,1H3,(H,26,27)/t17-,22+/m1/s1. The van der Waals surface area contributed by atoms with E-state index in [1.807, 2.05) is 48.5 Å². The Kier molecular flexibility index (Phi) is 6.36. The summed E-state index contributed by atoms with van der Waals surface area (Å²) in [6.45, 7) is 1.75. The molecule has 6 heteroatoms. The fourth-order valence-electron chi connectivity index (χ4n) is 3.70. The fraction of sp³-hybridized carbons (Fsp3) is 0.280. The number of hydrogen-bond donors (Lipinski definition) is 1. The highest BCUT2D eigenvalue weighted by Gasteiger charge is 2.26. The van der Waals surface area contributed by atoms with Gasteiger partial charge in [-0.25, -0.2) is 4.79 Å². The molecular weight excluding hydrogens is 394 g/mol. The SMILES string of the molecule is C[C@@H](OC(=O)c1ccc(COc2ccccc2)o1)C(=O)N[C@H]1CCCc2ccccc21. The van der Waals surface area contributed by atoms with Crippen molar-refractivity contribution in [1.82, 2.24) is 5.32 Å². The number of esters is 1. The van der Waals surface area contributed by atoms with Crippen molar-refractivity contribution in [2.24, 2.45) is 0 Å². The van der Waals surface area contributed by atoms with Crippen molar-refractivity contribution in [3.63, 3.8) is 0 Å². The number of furan rings is 1. The molecule has 0 radical (unpaired) electrons. The van der Waals surface area contributed by atoms with Gasteiger partial charge in [0, 0.05) is 0 Å². The smallest absolute Gasteiger partial charge is 0.375 e. The number of amides is 1. The lowest BCUT2D eigenvalue weighted by atomic mass is 9.87. The highest BCUT2D eigenvalue weighted by atomic mass is 16.6. The summed E-state index contributed by atoms with van der Waals surface area (Å²) in [5.41, 5.74) is 2.39. The summed E-state index contributed by atoms with van der Waals surface area (Å²) in [7, 11) is 0. The van der Waals surface area contributed by atoms with Gasteiger partial charge in [-0.15, -0.1) is 0 Å². The number of ether oxygens (including phenoxy) is 2. The van der Waals surface area contributed by atoms with E-state index in [2.05, 4.69) is 11.4 Å². The van der Waals surface area contributed by atoms with Crippen LogP contribution in [-0.4, -0.2) is 18.0 Å². The van der Waals surface area contributed by atoms with Gasteiger partial charge in [0.2, 0.25) is 5.76 Å². The zero-order valence-electron chi connectivity index (χ0n) is 17.4. The van der Waals surface area contributed by atoms with Gasteiger partial charge in [-0.2, -0.15) is 0 Å². The molecule has 1 aliphatic carbocycles. The Labute approximate surface area is 181 Å². The van der Waals surface area contributed by atoms with Crippen LogP contribution in [0.4, 0.5) is 0 Å². The summed E-state index contributed by atoms with van der Waals surface area (Å²) >= 11 is 0. The van der Waals surface area contributed by atoms with Crippen molar-refractivity contribution in [3.05, 3.63) is 89.4 Å². The van der Waals surface area contributed by atoms with Gasteiger partial charge in [0.15, 0.2) is 6.10 Å². The van der Waals surface area contributed by atoms with Gasteiger partial charge in [-0.1, -0.05) is 42.5 Å². The van der Waals surface area contributed by atoms with Crippen molar-refractivity contribution in [1.29, 1.82) is 0 Å².